The largest absolute Gasteiger partial charge is 0.453 e. The highest BCUT2D eigenvalue weighted by Crippen LogP contribution is 2.28. The van der Waals surface area contributed by atoms with Gasteiger partial charge in [0.15, 0.2) is 11.5 Å². The van der Waals surface area contributed by atoms with Crippen molar-refractivity contribution < 1.29 is 9.21 Å². The minimum absolute atomic E-state index is 0.0883. The van der Waals surface area contributed by atoms with Crippen LogP contribution in [-0.4, -0.2) is 30.3 Å². The van der Waals surface area contributed by atoms with Crippen molar-refractivity contribution in [2.24, 2.45) is 0 Å². The van der Waals surface area contributed by atoms with Crippen LogP contribution >= 0.6 is 11.6 Å². The first-order valence-electron chi connectivity index (χ1n) is 7.59. The summed E-state index contributed by atoms with van der Waals surface area (Å²) in [5.74, 6) is 0.578. The average Bonchev–Trinajstić information content (AvgIpc) is 2.83. The Morgan fingerprint density at radius 2 is 2.05 bits per heavy atom. The van der Waals surface area contributed by atoms with Crippen molar-refractivity contribution in [3.63, 3.8) is 0 Å². The van der Waals surface area contributed by atoms with Crippen molar-refractivity contribution in [2.45, 2.75) is 32.6 Å². The molecule has 0 aliphatic carbocycles. The van der Waals surface area contributed by atoms with Gasteiger partial charge in [-0.1, -0.05) is 18.0 Å². The number of piperidine rings is 1. The van der Waals surface area contributed by atoms with E-state index in [4.69, 9.17) is 16.0 Å². The molecule has 2 aromatic rings. The van der Waals surface area contributed by atoms with E-state index in [1.807, 2.05) is 19.1 Å². The number of hydrogen-bond acceptors (Lipinski definition) is 3. The average molecular weight is 306 g/mol. The monoisotopic (exact) mass is 305 g/mol. The molecule has 1 fully saturated rings. The zero-order chi connectivity index (χ0) is 14.8. The first-order valence-corrected chi connectivity index (χ1v) is 7.97. The number of carbonyl (C=O) groups is 1. The molecule has 0 bridgehead atoms. The van der Waals surface area contributed by atoms with Crippen molar-refractivity contribution in [3.05, 3.63) is 34.5 Å². The van der Waals surface area contributed by atoms with Crippen LogP contribution in [0.1, 0.15) is 41.8 Å². The SMILES string of the molecule is Cc1c(C(=O)CCN2CCCCC2)oc2ccc(Cl)cc12. The Bertz CT molecular complexity index is 656. The minimum atomic E-state index is 0.0883. The number of fused-ring (bicyclic) bond motifs is 1. The molecule has 21 heavy (non-hydrogen) atoms. The van der Waals surface area contributed by atoms with Crippen LogP contribution in [0.25, 0.3) is 11.0 Å². The van der Waals surface area contributed by atoms with Gasteiger partial charge in [0.1, 0.15) is 5.58 Å². The predicted octanol–water partition coefficient (Wildman–Crippen LogP) is 4.45. The van der Waals surface area contributed by atoms with Crippen LogP contribution in [-0.2, 0) is 0 Å². The first-order chi connectivity index (χ1) is 10.1. The Morgan fingerprint density at radius 3 is 2.81 bits per heavy atom. The van der Waals surface area contributed by atoms with Crippen LogP contribution in [0.2, 0.25) is 5.02 Å². The van der Waals surface area contributed by atoms with Crippen LogP contribution < -0.4 is 0 Å². The summed E-state index contributed by atoms with van der Waals surface area (Å²) in [7, 11) is 0. The number of hydrogen-bond donors (Lipinski definition) is 0. The van der Waals surface area contributed by atoms with Crippen LogP contribution in [0.5, 0.6) is 0 Å². The lowest BCUT2D eigenvalue weighted by Crippen LogP contribution is -2.31. The van der Waals surface area contributed by atoms with Crippen molar-refractivity contribution in [1.82, 2.24) is 4.90 Å². The number of Topliss-reactive ketones (excluding diaryl/α,β-unsaturated/α-hetero) is 1. The fraction of sp³-hybridized carbons (Fsp3) is 0.471. The summed E-state index contributed by atoms with van der Waals surface area (Å²) in [4.78, 5) is 14.8. The molecule has 1 aromatic heterocycles. The third kappa shape index (κ3) is 3.14. The van der Waals surface area contributed by atoms with Gasteiger partial charge < -0.3 is 9.32 Å². The molecule has 0 amide bonds. The van der Waals surface area contributed by atoms with Gasteiger partial charge in [-0.3, -0.25) is 4.79 Å². The van der Waals surface area contributed by atoms with Gasteiger partial charge in [-0.15, -0.1) is 0 Å². The zero-order valence-corrected chi connectivity index (χ0v) is 13.1. The van der Waals surface area contributed by atoms with Gasteiger partial charge >= 0.3 is 0 Å². The Labute approximate surface area is 129 Å². The summed E-state index contributed by atoms with van der Waals surface area (Å²) in [5.41, 5.74) is 1.63. The molecule has 0 saturated carbocycles. The van der Waals surface area contributed by atoms with E-state index < -0.39 is 0 Å². The molecule has 0 spiro atoms. The second-order valence-corrected chi connectivity index (χ2v) is 6.21. The Kier molecular flexibility index (Phi) is 4.32. The molecule has 0 radical (unpaired) electrons. The molecule has 1 aliphatic rings. The van der Waals surface area contributed by atoms with Crippen LogP contribution in [0.3, 0.4) is 0 Å². The third-order valence-electron chi connectivity index (χ3n) is 4.26. The summed E-state index contributed by atoms with van der Waals surface area (Å²) in [6.07, 6.45) is 4.33. The first kappa shape index (κ1) is 14.6. The number of aryl methyl sites for hydroxylation is 1. The molecule has 112 valence electrons. The Hall–Kier alpha value is -1.32. The molecular weight excluding hydrogens is 286 g/mol. The number of furan rings is 1. The highest BCUT2D eigenvalue weighted by molar-refractivity contribution is 6.31. The van der Waals surface area contributed by atoms with E-state index in [1.54, 1.807) is 6.07 Å². The third-order valence-corrected chi connectivity index (χ3v) is 4.49. The van der Waals surface area contributed by atoms with Gasteiger partial charge in [-0.05, 0) is 51.1 Å². The predicted molar refractivity (Wildman–Crippen MR) is 85.2 cm³/mol. The Balaban J connectivity index is 1.73. The van der Waals surface area contributed by atoms with Gasteiger partial charge in [-0.25, -0.2) is 0 Å². The van der Waals surface area contributed by atoms with Crippen LogP contribution in [0.15, 0.2) is 22.6 Å². The lowest BCUT2D eigenvalue weighted by molar-refractivity contribution is 0.0933. The molecule has 1 saturated heterocycles. The molecule has 4 heteroatoms. The molecule has 3 rings (SSSR count). The molecular formula is C17H20ClNO2. The van der Waals surface area contributed by atoms with Gasteiger partial charge in [-0.2, -0.15) is 0 Å². The quantitative estimate of drug-likeness (QED) is 0.782. The number of halogens is 1. The van der Waals surface area contributed by atoms with Crippen molar-refractivity contribution in [2.75, 3.05) is 19.6 Å². The summed E-state index contributed by atoms with van der Waals surface area (Å²) >= 11 is 6.01. The maximum Gasteiger partial charge on any atom is 0.199 e. The summed E-state index contributed by atoms with van der Waals surface area (Å²) < 4.78 is 5.73. The number of ketones is 1. The smallest absolute Gasteiger partial charge is 0.199 e. The second kappa shape index (κ2) is 6.20. The standard InChI is InChI=1S/C17H20ClNO2/c1-12-14-11-13(18)5-6-16(14)21-17(12)15(20)7-10-19-8-3-2-4-9-19/h5-6,11H,2-4,7-10H2,1H3. The van der Waals surface area contributed by atoms with E-state index in [1.165, 1.54) is 19.3 Å². The second-order valence-electron chi connectivity index (χ2n) is 5.77. The number of rotatable bonds is 4. The minimum Gasteiger partial charge on any atom is -0.453 e. The number of likely N-dealkylation sites (tertiary alicyclic amines) is 1. The van der Waals surface area contributed by atoms with E-state index in [-0.39, 0.29) is 5.78 Å². The lowest BCUT2D eigenvalue weighted by Gasteiger charge is -2.25. The zero-order valence-electron chi connectivity index (χ0n) is 12.3. The number of carbonyl (C=O) groups excluding carboxylic acids is 1. The molecule has 3 nitrogen and oxygen atoms in total. The van der Waals surface area contributed by atoms with Crippen LogP contribution in [0, 0.1) is 6.92 Å². The van der Waals surface area contributed by atoms with E-state index in [9.17, 15) is 4.79 Å². The molecule has 0 atom stereocenters. The van der Waals surface area contributed by atoms with Crippen molar-refractivity contribution in [3.8, 4) is 0 Å². The van der Waals surface area contributed by atoms with E-state index in [0.717, 1.165) is 36.2 Å². The van der Waals surface area contributed by atoms with E-state index in [2.05, 4.69) is 4.90 Å². The van der Waals surface area contributed by atoms with E-state index >= 15 is 0 Å². The summed E-state index contributed by atoms with van der Waals surface area (Å²) in [6.45, 7) is 4.98. The number of nitrogens with zero attached hydrogens (tertiary/aromatic N) is 1. The highest BCUT2D eigenvalue weighted by atomic mass is 35.5. The molecule has 2 heterocycles. The molecule has 1 aromatic carbocycles. The van der Waals surface area contributed by atoms with Gasteiger partial charge in [0, 0.05) is 28.9 Å². The van der Waals surface area contributed by atoms with Crippen LogP contribution in [0.4, 0.5) is 0 Å². The lowest BCUT2D eigenvalue weighted by atomic mass is 10.1. The molecule has 1 aliphatic heterocycles. The van der Waals surface area contributed by atoms with Crippen molar-refractivity contribution in [1.29, 1.82) is 0 Å². The Morgan fingerprint density at radius 1 is 1.29 bits per heavy atom. The van der Waals surface area contributed by atoms with Gasteiger partial charge in [0.25, 0.3) is 0 Å². The fourth-order valence-corrected chi connectivity index (χ4v) is 3.19. The molecule has 0 unspecified atom stereocenters. The fourth-order valence-electron chi connectivity index (χ4n) is 3.02. The summed E-state index contributed by atoms with van der Waals surface area (Å²) in [6, 6.07) is 5.47. The van der Waals surface area contributed by atoms with Gasteiger partial charge in [0.2, 0.25) is 0 Å². The topological polar surface area (TPSA) is 33.5 Å². The maximum absolute atomic E-state index is 12.4. The maximum atomic E-state index is 12.4. The normalized spacial score (nSPS) is 16.5. The summed E-state index contributed by atoms with van der Waals surface area (Å²) in [5, 5.41) is 1.60. The molecule has 0 N–H and O–H groups in total. The number of benzene rings is 1. The van der Waals surface area contributed by atoms with Gasteiger partial charge in [0.05, 0.1) is 0 Å². The highest BCUT2D eigenvalue weighted by Gasteiger charge is 2.19. The van der Waals surface area contributed by atoms with E-state index in [0.29, 0.717) is 17.2 Å². The van der Waals surface area contributed by atoms with Crippen molar-refractivity contribution >= 4 is 28.4 Å².